The molecule has 3 nitrogen and oxygen atoms in total. The summed E-state index contributed by atoms with van der Waals surface area (Å²) in [5.41, 5.74) is -0.985. The van der Waals surface area contributed by atoms with E-state index in [4.69, 9.17) is 5.11 Å². The molecule has 22 heavy (non-hydrogen) atoms. The Morgan fingerprint density at radius 3 is 2.32 bits per heavy atom. The van der Waals surface area contributed by atoms with E-state index < -0.39 is 24.1 Å². The van der Waals surface area contributed by atoms with Gasteiger partial charge in [-0.05, 0) is 23.1 Å². The monoisotopic (exact) mass is 351 g/mol. The number of nitrogens with zero attached hydrogens (tertiary/aromatic N) is 1. The van der Waals surface area contributed by atoms with Gasteiger partial charge in [0.05, 0.1) is 5.57 Å². The number of allylic oxidation sites excluding steroid dienone is 1. The molecule has 0 saturated heterocycles. The molecule has 1 rings (SSSR count). The van der Waals surface area contributed by atoms with Crippen molar-refractivity contribution < 1.29 is 23.1 Å². The molecule has 1 aromatic rings. The molecule has 1 aromatic heterocycles. The summed E-state index contributed by atoms with van der Waals surface area (Å²) >= 11 is 2.25. The minimum Gasteiger partial charge on any atom is -0.477 e. The van der Waals surface area contributed by atoms with Crippen LogP contribution in [0.2, 0.25) is 0 Å². The summed E-state index contributed by atoms with van der Waals surface area (Å²) in [6.07, 6.45) is -3.74. The predicted octanol–water partition coefficient (Wildman–Crippen LogP) is 4.60. The van der Waals surface area contributed by atoms with Gasteiger partial charge in [-0.25, -0.2) is 9.78 Å². The molecule has 0 unspecified atom stereocenters. The van der Waals surface area contributed by atoms with Gasteiger partial charge in [-0.3, -0.25) is 0 Å². The van der Waals surface area contributed by atoms with Crippen LogP contribution in [-0.2, 0) is 6.42 Å². The Hall–Kier alpha value is -1.15. The number of aromatic carboxylic acids is 1. The smallest absolute Gasteiger partial charge is 0.414 e. The fourth-order valence-electron chi connectivity index (χ4n) is 1.73. The van der Waals surface area contributed by atoms with Gasteiger partial charge in [-0.15, -0.1) is 23.5 Å². The van der Waals surface area contributed by atoms with Gasteiger partial charge in [-0.2, -0.15) is 13.2 Å². The Balaban J connectivity index is 3.31. The van der Waals surface area contributed by atoms with E-state index >= 15 is 0 Å². The highest BCUT2D eigenvalue weighted by atomic mass is 32.2. The van der Waals surface area contributed by atoms with Crippen molar-refractivity contribution in [2.24, 2.45) is 0 Å². The van der Waals surface area contributed by atoms with Crippen LogP contribution < -0.4 is 0 Å². The number of carbonyl (C=O) groups is 1. The first-order valence-electron chi connectivity index (χ1n) is 6.54. The van der Waals surface area contributed by atoms with Crippen LogP contribution in [0, 0.1) is 0 Å². The van der Waals surface area contributed by atoms with Crippen LogP contribution in [0.3, 0.4) is 0 Å². The van der Waals surface area contributed by atoms with Crippen LogP contribution in [0.1, 0.15) is 29.9 Å². The van der Waals surface area contributed by atoms with E-state index in [1.165, 1.54) is 18.3 Å². The van der Waals surface area contributed by atoms with Crippen molar-refractivity contribution in [3.63, 3.8) is 0 Å². The molecule has 0 aliphatic heterocycles. The zero-order valence-corrected chi connectivity index (χ0v) is 13.7. The van der Waals surface area contributed by atoms with Gasteiger partial charge in [0, 0.05) is 16.9 Å². The van der Waals surface area contributed by atoms with Gasteiger partial charge in [0.2, 0.25) is 0 Å². The van der Waals surface area contributed by atoms with Gasteiger partial charge in [0.25, 0.3) is 0 Å². The number of pyridine rings is 1. The standard InChI is InChI=1S/C14H16F3NO2S2/c1-3-21-13(22-4-2)10(14(15,16)17)8-9-6-5-7-18-11(9)12(19)20/h5-7H,3-4,8H2,1-2H3,(H,19,20). The minimum atomic E-state index is -4.51. The van der Waals surface area contributed by atoms with Crippen LogP contribution in [0.5, 0.6) is 0 Å². The highest BCUT2D eigenvalue weighted by Crippen LogP contribution is 2.40. The maximum atomic E-state index is 13.4. The van der Waals surface area contributed by atoms with Gasteiger partial charge >= 0.3 is 12.1 Å². The van der Waals surface area contributed by atoms with Crippen molar-refractivity contribution >= 4 is 29.5 Å². The van der Waals surface area contributed by atoms with Crippen LogP contribution in [-0.4, -0.2) is 33.7 Å². The zero-order chi connectivity index (χ0) is 16.8. The highest BCUT2D eigenvalue weighted by molar-refractivity contribution is 8.22. The van der Waals surface area contributed by atoms with Crippen molar-refractivity contribution in [1.29, 1.82) is 0 Å². The Kier molecular flexibility index (Phi) is 7.28. The topological polar surface area (TPSA) is 50.2 Å². The SMILES string of the molecule is CCSC(SCC)=C(Cc1cccnc1C(=O)O)C(F)(F)F. The minimum absolute atomic E-state index is 0.0632. The first-order chi connectivity index (χ1) is 10.3. The summed E-state index contributed by atoms with van der Waals surface area (Å²) in [7, 11) is 0. The van der Waals surface area contributed by atoms with E-state index in [1.54, 1.807) is 13.8 Å². The molecule has 122 valence electrons. The second-order valence-electron chi connectivity index (χ2n) is 4.12. The van der Waals surface area contributed by atoms with E-state index in [9.17, 15) is 18.0 Å². The number of hydrogen-bond donors (Lipinski definition) is 1. The molecule has 0 saturated carbocycles. The number of hydrogen-bond acceptors (Lipinski definition) is 4. The van der Waals surface area contributed by atoms with E-state index in [1.807, 2.05) is 0 Å². The molecule has 1 heterocycles. The summed E-state index contributed by atoms with van der Waals surface area (Å²) in [4.78, 5) is 14.8. The number of halogens is 3. The van der Waals surface area contributed by atoms with E-state index in [0.29, 0.717) is 11.5 Å². The molecule has 0 aliphatic rings. The Morgan fingerprint density at radius 1 is 1.27 bits per heavy atom. The maximum Gasteiger partial charge on any atom is 0.414 e. The molecule has 1 N–H and O–H groups in total. The van der Waals surface area contributed by atoms with Crippen LogP contribution in [0.25, 0.3) is 0 Å². The lowest BCUT2D eigenvalue weighted by molar-refractivity contribution is -0.0931. The lowest BCUT2D eigenvalue weighted by Gasteiger charge is -2.17. The largest absolute Gasteiger partial charge is 0.477 e. The van der Waals surface area contributed by atoms with Crippen molar-refractivity contribution in [1.82, 2.24) is 4.98 Å². The predicted molar refractivity (Wildman–Crippen MR) is 84.2 cm³/mol. The normalized spacial score (nSPS) is 11.3. The van der Waals surface area contributed by atoms with Crippen LogP contribution >= 0.6 is 23.5 Å². The van der Waals surface area contributed by atoms with Crippen molar-refractivity contribution in [2.75, 3.05) is 11.5 Å². The third-order valence-corrected chi connectivity index (χ3v) is 4.90. The fourth-order valence-corrected chi connectivity index (χ4v) is 4.02. The summed E-state index contributed by atoms with van der Waals surface area (Å²) in [5.74, 6) is -0.299. The average Bonchev–Trinajstić information content (AvgIpc) is 2.43. The molecule has 0 aromatic carbocycles. The third-order valence-electron chi connectivity index (χ3n) is 2.60. The second-order valence-corrected chi connectivity index (χ2v) is 6.93. The molecule has 0 aliphatic carbocycles. The highest BCUT2D eigenvalue weighted by Gasteiger charge is 2.37. The average molecular weight is 351 g/mol. The third kappa shape index (κ3) is 5.24. The summed E-state index contributed by atoms with van der Waals surface area (Å²) in [6, 6.07) is 2.81. The molecule has 0 fully saturated rings. The molecule has 0 bridgehead atoms. The number of carboxylic acid groups (broad SMARTS) is 1. The van der Waals surface area contributed by atoms with Crippen molar-refractivity contribution in [2.45, 2.75) is 26.4 Å². The molecule has 0 radical (unpaired) electrons. The van der Waals surface area contributed by atoms with Gasteiger partial charge in [0.1, 0.15) is 0 Å². The number of rotatable bonds is 7. The number of aromatic nitrogens is 1. The molecule has 0 atom stereocenters. The zero-order valence-electron chi connectivity index (χ0n) is 12.1. The fraction of sp³-hybridized carbons (Fsp3) is 0.429. The van der Waals surface area contributed by atoms with E-state index in [-0.39, 0.29) is 15.5 Å². The quantitative estimate of drug-likeness (QED) is 0.778. The Morgan fingerprint density at radius 2 is 1.86 bits per heavy atom. The van der Waals surface area contributed by atoms with E-state index in [2.05, 4.69) is 4.98 Å². The second kappa shape index (κ2) is 8.47. The number of thioether (sulfide) groups is 2. The number of alkyl halides is 3. The van der Waals surface area contributed by atoms with Crippen LogP contribution in [0.15, 0.2) is 28.1 Å². The lowest BCUT2D eigenvalue weighted by Crippen LogP contribution is -2.17. The Labute approximate surface area is 135 Å². The molecule has 0 spiro atoms. The molecular weight excluding hydrogens is 335 g/mol. The molecule has 8 heteroatoms. The van der Waals surface area contributed by atoms with Gasteiger partial charge in [-0.1, -0.05) is 19.9 Å². The Bertz CT molecular complexity index is 551. The van der Waals surface area contributed by atoms with Gasteiger partial charge < -0.3 is 5.11 Å². The first-order valence-corrected chi connectivity index (χ1v) is 8.51. The maximum absolute atomic E-state index is 13.4. The summed E-state index contributed by atoms with van der Waals surface area (Å²) < 4.78 is 40.3. The first kappa shape index (κ1) is 18.9. The van der Waals surface area contributed by atoms with E-state index in [0.717, 1.165) is 23.5 Å². The molecular formula is C14H16F3NO2S2. The van der Waals surface area contributed by atoms with Crippen molar-refractivity contribution in [3.8, 4) is 0 Å². The van der Waals surface area contributed by atoms with Crippen LogP contribution in [0.4, 0.5) is 13.2 Å². The molecule has 0 amide bonds. The summed E-state index contributed by atoms with van der Waals surface area (Å²) in [6.45, 7) is 3.56. The lowest BCUT2D eigenvalue weighted by atomic mass is 10.0. The van der Waals surface area contributed by atoms with Gasteiger partial charge in [0.15, 0.2) is 5.69 Å². The number of carboxylic acids is 1. The summed E-state index contributed by atoms with van der Waals surface area (Å²) in [5, 5.41) is 9.06. The van der Waals surface area contributed by atoms with Crippen molar-refractivity contribution in [3.05, 3.63) is 39.4 Å².